The van der Waals surface area contributed by atoms with Gasteiger partial charge in [0.05, 0.1) is 12.7 Å². The van der Waals surface area contributed by atoms with Gasteiger partial charge in [-0.3, -0.25) is 0 Å². The zero-order valence-electron chi connectivity index (χ0n) is 7.95. The van der Waals surface area contributed by atoms with Gasteiger partial charge in [-0.15, -0.1) is 0 Å². The Balaban J connectivity index is 1.83. The molecule has 0 spiro atoms. The smallest absolute Gasteiger partial charge is 0.0735 e. The molecule has 0 atom stereocenters. The molecule has 1 fully saturated rings. The van der Waals surface area contributed by atoms with Crippen LogP contribution >= 0.6 is 11.6 Å². The quantitative estimate of drug-likeness (QED) is 0.833. The molecule has 2 nitrogen and oxygen atoms in total. The van der Waals surface area contributed by atoms with Crippen LogP contribution in [0.25, 0.3) is 0 Å². The summed E-state index contributed by atoms with van der Waals surface area (Å²) in [6.07, 6.45) is 2.29. The van der Waals surface area contributed by atoms with Gasteiger partial charge >= 0.3 is 0 Å². The van der Waals surface area contributed by atoms with E-state index >= 15 is 0 Å². The van der Waals surface area contributed by atoms with Crippen molar-refractivity contribution >= 4 is 11.6 Å². The van der Waals surface area contributed by atoms with Gasteiger partial charge in [-0.2, -0.15) is 0 Å². The van der Waals surface area contributed by atoms with E-state index in [4.69, 9.17) is 22.1 Å². The molecule has 14 heavy (non-hydrogen) atoms. The molecule has 0 aliphatic heterocycles. The van der Waals surface area contributed by atoms with E-state index in [1.165, 1.54) is 0 Å². The van der Waals surface area contributed by atoms with Gasteiger partial charge in [0.2, 0.25) is 0 Å². The maximum absolute atomic E-state index is 5.99. The molecule has 0 bridgehead atoms. The molecule has 0 saturated heterocycles. The summed E-state index contributed by atoms with van der Waals surface area (Å²) >= 11 is 5.99. The van der Waals surface area contributed by atoms with Crippen molar-refractivity contribution in [2.75, 3.05) is 0 Å². The molecule has 0 amide bonds. The van der Waals surface area contributed by atoms with E-state index in [1.54, 1.807) is 0 Å². The first-order valence-electron chi connectivity index (χ1n) is 4.86. The zero-order valence-corrected chi connectivity index (χ0v) is 8.70. The van der Waals surface area contributed by atoms with Gasteiger partial charge < -0.3 is 10.5 Å². The lowest BCUT2D eigenvalue weighted by Gasteiger charge is -2.32. The third kappa shape index (κ3) is 2.27. The highest BCUT2D eigenvalue weighted by atomic mass is 35.5. The minimum atomic E-state index is 0.335. The highest BCUT2D eigenvalue weighted by Crippen LogP contribution is 2.24. The van der Waals surface area contributed by atoms with Crippen LogP contribution in [0.2, 0.25) is 5.02 Å². The molecule has 76 valence electrons. The van der Waals surface area contributed by atoms with E-state index in [-0.39, 0.29) is 0 Å². The number of hydrogen-bond donors (Lipinski definition) is 1. The summed E-state index contributed by atoms with van der Waals surface area (Å²) in [6, 6.07) is 8.10. The standard InChI is InChI=1S/C11H14ClNO/c12-11-4-2-1-3-8(11)7-14-10-5-9(13)6-10/h1-4,9-10H,5-7,13H2. The monoisotopic (exact) mass is 211 g/mol. The number of nitrogens with two attached hydrogens (primary N) is 1. The minimum absolute atomic E-state index is 0.335. The minimum Gasteiger partial charge on any atom is -0.373 e. The second-order valence-electron chi connectivity index (χ2n) is 3.76. The van der Waals surface area contributed by atoms with E-state index < -0.39 is 0 Å². The van der Waals surface area contributed by atoms with Crippen molar-refractivity contribution in [3.8, 4) is 0 Å². The number of benzene rings is 1. The first kappa shape index (κ1) is 9.97. The van der Waals surface area contributed by atoms with Gasteiger partial charge in [-0.05, 0) is 24.5 Å². The summed E-state index contributed by atoms with van der Waals surface area (Å²) in [7, 11) is 0. The maximum atomic E-state index is 5.99. The molecule has 1 aliphatic carbocycles. The third-order valence-corrected chi connectivity index (χ3v) is 2.93. The molecule has 0 heterocycles. The summed E-state index contributed by atoms with van der Waals surface area (Å²) in [5.41, 5.74) is 6.71. The lowest BCUT2D eigenvalue weighted by Crippen LogP contribution is -2.41. The Morgan fingerprint density at radius 2 is 2.07 bits per heavy atom. The van der Waals surface area contributed by atoms with Gasteiger partial charge in [-0.25, -0.2) is 0 Å². The molecular formula is C11H14ClNO. The number of halogens is 1. The molecule has 1 aliphatic rings. The van der Waals surface area contributed by atoms with Crippen LogP contribution < -0.4 is 5.73 Å². The van der Waals surface area contributed by atoms with Crippen LogP contribution in [-0.4, -0.2) is 12.1 Å². The van der Waals surface area contributed by atoms with E-state index in [0.29, 0.717) is 18.8 Å². The SMILES string of the molecule is NC1CC(OCc2ccccc2Cl)C1. The predicted octanol–water partition coefficient (Wildman–Crippen LogP) is 2.35. The number of rotatable bonds is 3. The van der Waals surface area contributed by atoms with Crippen LogP contribution in [0.5, 0.6) is 0 Å². The highest BCUT2D eigenvalue weighted by Gasteiger charge is 2.26. The topological polar surface area (TPSA) is 35.2 Å². The first-order valence-corrected chi connectivity index (χ1v) is 5.24. The average Bonchev–Trinajstić information content (AvgIpc) is 2.13. The Hall–Kier alpha value is -0.570. The summed E-state index contributed by atoms with van der Waals surface area (Å²) in [4.78, 5) is 0. The van der Waals surface area contributed by atoms with Crippen molar-refractivity contribution in [3.05, 3.63) is 34.9 Å². The van der Waals surface area contributed by atoms with Crippen LogP contribution in [0.1, 0.15) is 18.4 Å². The summed E-state index contributed by atoms with van der Waals surface area (Å²) in [5, 5.41) is 0.774. The van der Waals surface area contributed by atoms with Crippen molar-refractivity contribution in [1.29, 1.82) is 0 Å². The van der Waals surface area contributed by atoms with Gasteiger partial charge in [0.1, 0.15) is 0 Å². The van der Waals surface area contributed by atoms with Gasteiger partial charge in [0, 0.05) is 11.1 Å². The van der Waals surface area contributed by atoms with Gasteiger partial charge in [0.15, 0.2) is 0 Å². The lowest BCUT2D eigenvalue weighted by molar-refractivity contribution is -0.0188. The molecule has 2 N–H and O–H groups in total. The Morgan fingerprint density at radius 3 is 2.71 bits per heavy atom. The fraction of sp³-hybridized carbons (Fsp3) is 0.455. The Bertz CT molecular complexity index is 310. The van der Waals surface area contributed by atoms with Crippen LogP contribution in [-0.2, 0) is 11.3 Å². The zero-order chi connectivity index (χ0) is 9.97. The number of hydrogen-bond acceptors (Lipinski definition) is 2. The first-order chi connectivity index (χ1) is 6.75. The fourth-order valence-electron chi connectivity index (χ4n) is 1.57. The fourth-order valence-corrected chi connectivity index (χ4v) is 1.76. The average molecular weight is 212 g/mol. The van der Waals surface area contributed by atoms with Gasteiger partial charge in [0.25, 0.3) is 0 Å². The molecule has 0 radical (unpaired) electrons. The molecule has 1 saturated carbocycles. The van der Waals surface area contributed by atoms with E-state index in [9.17, 15) is 0 Å². The van der Waals surface area contributed by atoms with Crippen LogP contribution in [0.4, 0.5) is 0 Å². The van der Waals surface area contributed by atoms with Crippen molar-refractivity contribution in [2.24, 2.45) is 5.73 Å². The van der Waals surface area contributed by atoms with Gasteiger partial charge in [-0.1, -0.05) is 29.8 Å². The van der Waals surface area contributed by atoms with E-state index in [2.05, 4.69) is 0 Å². The molecule has 3 heteroatoms. The third-order valence-electron chi connectivity index (χ3n) is 2.56. The second kappa shape index (κ2) is 4.30. The normalized spacial score (nSPS) is 25.9. The molecule has 1 aromatic carbocycles. The van der Waals surface area contributed by atoms with E-state index in [1.807, 2.05) is 24.3 Å². The van der Waals surface area contributed by atoms with Crippen molar-refractivity contribution < 1.29 is 4.74 Å². The number of ether oxygens (including phenoxy) is 1. The van der Waals surface area contributed by atoms with Crippen molar-refractivity contribution in [2.45, 2.75) is 31.6 Å². The predicted molar refractivity (Wildman–Crippen MR) is 57.2 cm³/mol. The van der Waals surface area contributed by atoms with Crippen LogP contribution in [0.15, 0.2) is 24.3 Å². The Kier molecular flexibility index (Phi) is 3.06. The summed E-state index contributed by atoms with van der Waals surface area (Å²) in [5.74, 6) is 0. The molecule has 0 aromatic heterocycles. The van der Waals surface area contributed by atoms with Crippen LogP contribution in [0.3, 0.4) is 0 Å². The van der Waals surface area contributed by atoms with E-state index in [0.717, 1.165) is 23.4 Å². The highest BCUT2D eigenvalue weighted by molar-refractivity contribution is 6.31. The summed E-state index contributed by atoms with van der Waals surface area (Å²) in [6.45, 7) is 0.594. The Morgan fingerprint density at radius 1 is 1.36 bits per heavy atom. The molecule has 0 unspecified atom stereocenters. The second-order valence-corrected chi connectivity index (χ2v) is 4.16. The Labute approximate surface area is 89.0 Å². The summed E-state index contributed by atoms with van der Waals surface area (Å²) < 4.78 is 5.65. The molecular weight excluding hydrogens is 198 g/mol. The largest absolute Gasteiger partial charge is 0.373 e. The maximum Gasteiger partial charge on any atom is 0.0735 e. The van der Waals surface area contributed by atoms with Crippen molar-refractivity contribution in [1.82, 2.24) is 0 Å². The molecule has 2 rings (SSSR count). The lowest BCUT2D eigenvalue weighted by atomic mass is 9.90. The van der Waals surface area contributed by atoms with Crippen LogP contribution in [0, 0.1) is 0 Å². The van der Waals surface area contributed by atoms with Crippen molar-refractivity contribution in [3.63, 3.8) is 0 Å². The molecule has 1 aromatic rings.